The van der Waals surface area contributed by atoms with Gasteiger partial charge in [-0.2, -0.15) is 0 Å². The summed E-state index contributed by atoms with van der Waals surface area (Å²) >= 11 is 3.00. The van der Waals surface area contributed by atoms with Crippen LogP contribution in [-0.2, 0) is 4.79 Å². The van der Waals surface area contributed by atoms with Crippen LogP contribution >= 0.6 is 15.9 Å². The first-order valence-corrected chi connectivity index (χ1v) is 5.02. The molecular formula is C10H10BrFO3. The van der Waals surface area contributed by atoms with Crippen LogP contribution in [0.4, 0.5) is 4.39 Å². The summed E-state index contributed by atoms with van der Waals surface area (Å²) < 4.78 is 18.5. The first kappa shape index (κ1) is 12.0. The van der Waals surface area contributed by atoms with Crippen molar-refractivity contribution in [2.45, 2.75) is 12.8 Å². The molecule has 0 aromatic heterocycles. The molecule has 5 heteroatoms. The molecule has 0 aliphatic rings. The van der Waals surface area contributed by atoms with Crippen molar-refractivity contribution < 1.29 is 19.0 Å². The van der Waals surface area contributed by atoms with E-state index >= 15 is 0 Å². The molecule has 0 bridgehead atoms. The van der Waals surface area contributed by atoms with E-state index < -0.39 is 17.7 Å². The third-order valence-corrected chi connectivity index (χ3v) is 2.72. The SMILES string of the molecule is COc1cc(Br)c(F)cc1C(C)C(=O)O. The van der Waals surface area contributed by atoms with Gasteiger partial charge in [-0.25, -0.2) is 4.39 Å². The number of ether oxygens (including phenoxy) is 1. The summed E-state index contributed by atoms with van der Waals surface area (Å²) in [4.78, 5) is 10.8. The van der Waals surface area contributed by atoms with Gasteiger partial charge in [-0.3, -0.25) is 4.79 Å². The van der Waals surface area contributed by atoms with Crippen LogP contribution in [0.5, 0.6) is 5.75 Å². The van der Waals surface area contributed by atoms with Gasteiger partial charge in [0, 0.05) is 5.56 Å². The summed E-state index contributed by atoms with van der Waals surface area (Å²) in [6.45, 7) is 1.48. The highest BCUT2D eigenvalue weighted by Gasteiger charge is 2.20. The molecule has 1 N–H and O–H groups in total. The topological polar surface area (TPSA) is 46.5 Å². The van der Waals surface area contributed by atoms with Gasteiger partial charge in [-0.05, 0) is 35.0 Å². The molecule has 1 atom stereocenters. The Labute approximate surface area is 95.0 Å². The number of rotatable bonds is 3. The molecule has 15 heavy (non-hydrogen) atoms. The highest BCUT2D eigenvalue weighted by molar-refractivity contribution is 9.10. The third-order valence-electron chi connectivity index (χ3n) is 2.11. The smallest absolute Gasteiger partial charge is 0.310 e. The predicted octanol–water partition coefficient (Wildman–Crippen LogP) is 2.78. The average Bonchev–Trinajstić information content (AvgIpc) is 2.20. The molecule has 1 aromatic carbocycles. The quantitative estimate of drug-likeness (QED) is 0.924. The Balaban J connectivity index is 3.27. The molecule has 1 rings (SSSR count). The highest BCUT2D eigenvalue weighted by atomic mass is 79.9. The van der Waals surface area contributed by atoms with Crippen LogP contribution in [0.3, 0.4) is 0 Å². The van der Waals surface area contributed by atoms with E-state index in [9.17, 15) is 9.18 Å². The van der Waals surface area contributed by atoms with Gasteiger partial charge in [0.15, 0.2) is 0 Å². The first-order valence-electron chi connectivity index (χ1n) is 4.23. The van der Waals surface area contributed by atoms with E-state index in [4.69, 9.17) is 9.84 Å². The molecular weight excluding hydrogens is 267 g/mol. The largest absolute Gasteiger partial charge is 0.496 e. The second-order valence-electron chi connectivity index (χ2n) is 3.07. The Morgan fingerprint density at radius 3 is 2.67 bits per heavy atom. The van der Waals surface area contributed by atoms with Crippen LogP contribution in [0, 0.1) is 5.82 Å². The Morgan fingerprint density at radius 2 is 2.20 bits per heavy atom. The predicted molar refractivity (Wildman–Crippen MR) is 56.7 cm³/mol. The number of aliphatic carboxylic acids is 1. The molecule has 3 nitrogen and oxygen atoms in total. The lowest BCUT2D eigenvalue weighted by molar-refractivity contribution is -0.138. The van der Waals surface area contributed by atoms with Crippen molar-refractivity contribution >= 4 is 21.9 Å². The maximum atomic E-state index is 13.2. The second-order valence-corrected chi connectivity index (χ2v) is 3.92. The number of benzene rings is 1. The maximum Gasteiger partial charge on any atom is 0.310 e. The van der Waals surface area contributed by atoms with Crippen LogP contribution < -0.4 is 4.74 Å². The Bertz CT molecular complexity index is 392. The molecule has 0 fully saturated rings. The molecule has 1 aromatic rings. The number of hydrogen-bond donors (Lipinski definition) is 1. The fourth-order valence-corrected chi connectivity index (χ4v) is 1.51. The van der Waals surface area contributed by atoms with E-state index in [2.05, 4.69) is 15.9 Å². The molecule has 0 spiro atoms. The van der Waals surface area contributed by atoms with Crippen LogP contribution in [0.15, 0.2) is 16.6 Å². The second kappa shape index (κ2) is 4.61. The van der Waals surface area contributed by atoms with E-state index in [1.165, 1.54) is 26.2 Å². The van der Waals surface area contributed by atoms with E-state index in [0.717, 1.165) is 0 Å². The molecule has 82 valence electrons. The standard InChI is InChI=1S/C10H10BrFO3/c1-5(10(13)14)6-3-8(12)7(11)4-9(6)15-2/h3-5H,1-2H3,(H,13,14). The minimum Gasteiger partial charge on any atom is -0.496 e. The van der Waals surface area contributed by atoms with E-state index in [-0.39, 0.29) is 4.47 Å². The fraction of sp³-hybridized carbons (Fsp3) is 0.300. The van der Waals surface area contributed by atoms with Crippen LogP contribution in [0.1, 0.15) is 18.4 Å². The lowest BCUT2D eigenvalue weighted by Gasteiger charge is -2.12. The van der Waals surface area contributed by atoms with Crippen molar-refractivity contribution in [3.05, 3.63) is 28.0 Å². The molecule has 0 saturated carbocycles. The number of carboxylic acids is 1. The average molecular weight is 277 g/mol. The zero-order valence-electron chi connectivity index (χ0n) is 8.25. The number of hydrogen-bond acceptors (Lipinski definition) is 2. The first-order chi connectivity index (χ1) is 6.97. The zero-order valence-corrected chi connectivity index (χ0v) is 9.84. The number of carboxylic acid groups (broad SMARTS) is 1. The lowest BCUT2D eigenvalue weighted by atomic mass is 10.0. The fourth-order valence-electron chi connectivity index (χ4n) is 1.19. The summed E-state index contributed by atoms with van der Waals surface area (Å²) in [6.07, 6.45) is 0. The van der Waals surface area contributed by atoms with Crippen molar-refractivity contribution in [3.63, 3.8) is 0 Å². The van der Waals surface area contributed by atoms with Crippen molar-refractivity contribution in [1.82, 2.24) is 0 Å². The van der Waals surface area contributed by atoms with Crippen molar-refractivity contribution in [3.8, 4) is 5.75 Å². The Kier molecular flexibility index (Phi) is 3.68. The molecule has 0 aliphatic heterocycles. The van der Waals surface area contributed by atoms with Gasteiger partial charge in [-0.1, -0.05) is 0 Å². The molecule has 0 radical (unpaired) electrons. The van der Waals surface area contributed by atoms with Gasteiger partial charge in [0.05, 0.1) is 17.5 Å². The summed E-state index contributed by atoms with van der Waals surface area (Å²) in [7, 11) is 1.41. The third kappa shape index (κ3) is 2.47. The van der Waals surface area contributed by atoms with Crippen molar-refractivity contribution in [2.24, 2.45) is 0 Å². The Hall–Kier alpha value is -1.10. The van der Waals surface area contributed by atoms with E-state index in [0.29, 0.717) is 11.3 Å². The molecule has 0 heterocycles. The van der Waals surface area contributed by atoms with Gasteiger partial charge in [0.2, 0.25) is 0 Å². The van der Waals surface area contributed by atoms with Crippen LogP contribution in [-0.4, -0.2) is 18.2 Å². The van der Waals surface area contributed by atoms with Crippen LogP contribution in [0.25, 0.3) is 0 Å². The van der Waals surface area contributed by atoms with Gasteiger partial charge in [0.1, 0.15) is 11.6 Å². The van der Waals surface area contributed by atoms with Gasteiger partial charge in [0.25, 0.3) is 0 Å². The van der Waals surface area contributed by atoms with Gasteiger partial charge in [-0.15, -0.1) is 0 Å². The number of halogens is 2. The number of carbonyl (C=O) groups is 1. The zero-order chi connectivity index (χ0) is 11.6. The molecule has 0 saturated heterocycles. The molecule has 0 amide bonds. The van der Waals surface area contributed by atoms with Crippen molar-refractivity contribution in [2.75, 3.05) is 7.11 Å². The minimum absolute atomic E-state index is 0.251. The monoisotopic (exact) mass is 276 g/mol. The summed E-state index contributed by atoms with van der Waals surface area (Å²) in [5.41, 5.74) is 0.325. The molecule has 1 unspecified atom stereocenters. The van der Waals surface area contributed by atoms with Gasteiger partial charge < -0.3 is 9.84 Å². The lowest BCUT2D eigenvalue weighted by Crippen LogP contribution is -2.09. The normalized spacial score (nSPS) is 12.3. The van der Waals surface area contributed by atoms with Crippen LogP contribution in [0.2, 0.25) is 0 Å². The van der Waals surface area contributed by atoms with E-state index in [1.54, 1.807) is 0 Å². The summed E-state index contributed by atoms with van der Waals surface area (Å²) in [5.74, 6) is -1.96. The molecule has 0 aliphatic carbocycles. The van der Waals surface area contributed by atoms with Crippen molar-refractivity contribution in [1.29, 1.82) is 0 Å². The van der Waals surface area contributed by atoms with E-state index in [1.807, 2.05) is 0 Å². The highest BCUT2D eigenvalue weighted by Crippen LogP contribution is 2.31. The summed E-state index contributed by atoms with van der Waals surface area (Å²) in [6, 6.07) is 2.59. The maximum absolute atomic E-state index is 13.2. The Morgan fingerprint density at radius 1 is 1.60 bits per heavy atom. The number of methoxy groups -OCH3 is 1. The summed E-state index contributed by atoms with van der Waals surface area (Å²) in [5, 5.41) is 8.83. The minimum atomic E-state index is -1.02. The van der Waals surface area contributed by atoms with Gasteiger partial charge >= 0.3 is 5.97 Å².